The van der Waals surface area contributed by atoms with Crippen molar-refractivity contribution in [3.05, 3.63) is 24.3 Å². The summed E-state index contributed by atoms with van der Waals surface area (Å²) in [6, 6.07) is 10.5. The highest BCUT2D eigenvalue weighted by atomic mass is 16.5. The molecular formula is C16H22N2O2. The lowest BCUT2D eigenvalue weighted by Gasteiger charge is -2.23. The number of nitrogens with zero attached hydrogens (tertiary/aromatic N) is 1. The van der Waals surface area contributed by atoms with Crippen LogP contribution >= 0.6 is 0 Å². The maximum Gasteiger partial charge on any atom is 0.122 e. The largest absolute Gasteiger partial charge is 0.497 e. The van der Waals surface area contributed by atoms with Crippen LogP contribution < -0.4 is 14.8 Å². The highest BCUT2D eigenvalue weighted by Gasteiger charge is 2.31. The lowest BCUT2D eigenvalue weighted by Crippen LogP contribution is -2.42. The first-order valence-electron chi connectivity index (χ1n) is 7.11. The Morgan fingerprint density at radius 3 is 2.80 bits per heavy atom. The van der Waals surface area contributed by atoms with E-state index in [4.69, 9.17) is 9.47 Å². The molecule has 1 N–H and O–H groups in total. The predicted molar refractivity (Wildman–Crippen MR) is 77.9 cm³/mol. The van der Waals surface area contributed by atoms with Gasteiger partial charge in [-0.05, 0) is 44.7 Å². The predicted octanol–water partition coefficient (Wildman–Crippen LogP) is 2.89. The molecule has 2 rings (SSSR count). The number of benzene rings is 1. The van der Waals surface area contributed by atoms with Gasteiger partial charge >= 0.3 is 0 Å². The van der Waals surface area contributed by atoms with E-state index < -0.39 is 5.54 Å². The summed E-state index contributed by atoms with van der Waals surface area (Å²) < 4.78 is 10.8. The fourth-order valence-electron chi connectivity index (χ4n) is 2.15. The molecule has 4 heteroatoms. The number of rotatable bonds is 8. The van der Waals surface area contributed by atoms with Crippen molar-refractivity contribution in [1.82, 2.24) is 5.32 Å². The van der Waals surface area contributed by atoms with Gasteiger partial charge in [-0.1, -0.05) is 6.07 Å². The van der Waals surface area contributed by atoms with E-state index in [-0.39, 0.29) is 0 Å². The number of hydrogen-bond acceptors (Lipinski definition) is 4. The Hall–Kier alpha value is -1.73. The zero-order valence-corrected chi connectivity index (χ0v) is 12.2. The van der Waals surface area contributed by atoms with Crippen LogP contribution in [0.2, 0.25) is 0 Å². The third-order valence-electron chi connectivity index (χ3n) is 3.48. The van der Waals surface area contributed by atoms with E-state index >= 15 is 0 Å². The zero-order chi connectivity index (χ0) is 14.4. The smallest absolute Gasteiger partial charge is 0.122 e. The van der Waals surface area contributed by atoms with Crippen LogP contribution in [0.3, 0.4) is 0 Å². The van der Waals surface area contributed by atoms with Gasteiger partial charge in [0.1, 0.15) is 17.0 Å². The maximum absolute atomic E-state index is 9.28. The molecule has 0 spiro atoms. The highest BCUT2D eigenvalue weighted by Crippen LogP contribution is 2.24. The fraction of sp³-hybridized carbons (Fsp3) is 0.562. The quantitative estimate of drug-likeness (QED) is 0.741. The third-order valence-corrected chi connectivity index (χ3v) is 3.48. The summed E-state index contributed by atoms with van der Waals surface area (Å²) in [5, 5.41) is 12.7. The molecule has 1 aliphatic carbocycles. The molecule has 4 nitrogen and oxygen atoms in total. The van der Waals surface area contributed by atoms with Crippen LogP contribution in [-0.2, 0) is 0 Å². The molecule has 0 heterocycles. The number of methoxy groups -OCH3 is 1. The van der Waals surface area contributed by atoms with E-state index in [1.807, 2.05) is 31.2 Å². The van der Waals surface area contributed by atoms with Gasteiger partial charge in [0.2, 0.25) is 0 Å². The molecule has 1 saturated carbocycles. The second-order valence-electron chi connectivity index (χ2n) is 5.49. The van der Waals surface area contributed by atoms with Crippen molar-refractivity contribution in [1.29, 1.82) is 5.26 Å². The fourth-order valence-corrected chi connectivity index (χ4v) is 2.15. The summed E-state index contributed by atoms with van der Waals surface area (Å²) in [7, 11) is 1.64. The molecule has 0 amide bonds. The van der Waals surface area contributed by atoms with E-state index in [0.717, 1.165) is 24.3 Å². The molecule has 1 atom stereocenters. The Bertz CT molecular complexity index is 480. The van der Waals surface area contributed by atoms with Gasteiger partial charge in [0.25, 0.3) is 0 Å². The molecule has 1 unspecified atom stereocenters. The Morgan fingerprint density at radius 1 is 1.40 bits per heavy atom. The number of nitrogens with one attached hydrogen (secondary N) is 1. The van der Waals surface area contributed by atoms with Crippen LogP contribution in [0.5, 0.6) is 11.5 Å². The van der Waals surface area contributed by atoms with Crippen molar-refractivity contribution in [2.45, 2.75) is 44.2 Å². The number of ether oxygens (including phenoxy) is 2. The molecule has 108 valence electrons. The Labute approximate surface area is 120 Å². The van der Waals surface area contributed by atoms with E-state index in [2.05, 4.69) is 11.4 Å². The molecule has 0 radical (unpaired) electrons. The molecule has 20 heavy (non-hydrogen) atoms. The minimum absolute atomic E-state index is 0.432. The monoisotopic (exact) mass is 274 g/mol. The maximum atomic E-state index is 9.28. The van der Waals surface area contributed by atoms with Gasteiger partial charge in [-0.25, -0.2) is 0 Å². The lowest BCUT2D eigenvalue weighted by atomic mass is 9.98. The summed E-state index contributed by atoms with van der Waals surface area (Å²) in [5.74, 6) is 1.60. The van der Waals surface area contributed by atoms with Crippen LogP contribution in [0, 0.1) is 11.3 Å². The molecule has 1 aliphatic rings. The first-order valence-corrected chi connectivity index (χ1v) is 7.11. The van der Waals surface area contributed by atoms with E-state index in [1.165, 1.54) is 12.8 Å². The second-order valence-corrected chi connectivity index (χ2v) is 5.49. The lowest BCUT2D eigenvalue weighted by molar-refractivity contribution is 0.283. The Balaban J connectivity index is 1.73. The van der Waals surface area contributed by atoms with Crippen molar-refractivity contribution in [2.75, 3.05) is 13.7 Å². The Kier molecular flexibility index (Phi) is 4.86. The summed E-state index contributed by atoms with van der Waals surface area (Å²) >= 11 is 0. The van der Waals surface area contributed by atoms with Gasteiger partial charge in [0.05, 0.1) is 19.8 Å². The third kappa shape index (κ3) is 4.43. The van der Waals surface area contributed by atoms with Crippen LogP contribution in [0.4, 0.5) is 0 Å². The van der Waals surface area contributed by atoms with Crippen LogP contribution in [0.25, 0.3) is 0 Å². The van der Waals surface area contributed by atoms with Crippen molar-refractivity contribution in [3.8, 4) is 17.6 Å². The summed E-state index contributed by atoms with van der Waals surface area (Å²) in [5.41, 5.74) is -0.432. The highest BCUT2D eigenvalue weighted by molar-refractivity contribution is 5.32. The van der Waals surface area contributed by atoms with Crippen LogP contribution in [0.15, 0.2) is 24.3 Å². The Morgan fingerprint density at radius 2 is 2.15 bits per heavy atom. The first-order chi connectivity index (χ1) is 9.65. The van der Waals surface area contributed by atoms with E-state index in [1.54, 1.807) is 7.11 Å². The average Bonchev–Trinajstić information content (AvgIpc) is 3.28. The van der Waals surface area contributed by atoms with Crippen molar-refractivity contribution >= 4 is 0 Å². The van der Waals surface area contributed by atoms with E-state index in [0.29, 0.717) is 12.6 Å². The molecule has 1 aromatic carbocycles. The number of nitriles is 1. The molecule has 0 bridgehead atoms. The molecule has 0 saturated heterocycles. The molecule has 0 aromatic heterocycles. The van der Waals surface area contributed by atoms with Crippen molar-refractivity contribution in [2.24, 2.45) is 0 Å². The zero-order valence-electron chi connectivity index (χ0n) is 12.2. The van der Waals surface area contributed by atoms with Gasteiger partial charge in [-0.2, -0.15) is 5.26 Å². The van der Waals surface area contributed by atoms with Gasteiger partial charge in [-0.15, -0.1) is 0 Å². The SMILES string of the molecule is COc1cccc(OCCCC(C)(C#N)NC2CC2)c1. The average molecular weight is 274 g/mol. The van der Waals surface area contributed by atoms with Crippen LogP contribution in [0.1, 0.15) is 32.6 Å². The topological polar surface area (TPSA) is 54.3 Å². The standard InChI is InChI=1S/C16H22N2O2/c1-16(12-17,18-13-7-8-13)9-4-10-20-15-6-3-5-14(11-15)19-2/h3,5-6,11,13,18H,4,7-10H2,1-2H3. The first kappa shape index (κ1) is 14.7. The van der Waals surface area contributed by atoms with Crippen molar-refractivity contribution in [3.63, 3.8) is 0 Å². The van der Waals surface area contributed by atoms with Gasteiger partial charge < -0.3 is 9.47 Å². The minimum atomic E-state index is -0.432. The van der Waals surface area contributed by atoms with Gasteiger partial charge in [0.15, 0.2) is 0 Å². The molecule has 0 aliphatic heterocycles. The van der Waals surface area contributed by atoms with Crippen LogP contribution in [-0.4, -0.2) is 25.3 Å². The summed E-state index contributed by atoms with van der Waals surface area (Å²) in [6.45, 7) is 2.58. The summed E-state index contributed by atoms with van der Waals surface area (Å²) in [4.78, 5) is 0. The van der Waals surface area contributed by atoms with E-state index in [9.17, 15) is 5.26 Å². The molecular weight excluding hydrogens is 252 g/mol. The summed E-state index contributed by atoms with van der Waals surface area (Å²) in [6.07, 6.45) is 4.03. The molecule has 1 fully saturated rings. The second kappa shape index (κ2) is 6.62. The van der Waals surface area contributed by atoms with Crippen molar-refractivity contribution < 1.29 is 9.47 Å². The van der Waals surface area contributed by atoms with Gasteiger partial charge in [0, 0.05) is 12.1 Å². The minimum Gasteiger partial charge on any atom is -0.497 e. The number of hydrogen-bond donors (Lipinski definition) is 1. The van der Waals surface area contributed by atoms with Gasteiger partial charge in [-0.3, -0.25) is 5.32 Å². The molecule has 1 aromatic rings. The normalized spacial score (nSPS) is 17.1.